The van der Waals surface area contributed by atoms with Crippen molar-refractivity contribution in [2.75, 3.05) is 39.8 Å². The Morgan fingerprint density at radius 3 is 1.83 bits per heavy atom. The van der Waals surface area contributed by atoms with Gasteiger partial charge in [-0.3, -0.25) is 9.69 Å². The number of amides is 1. The maximum Gasteiger partial charge on any atom is 0.225 e. The third-order valence-corrected chi connectivity index (χ3v) is 5.26. The minimum Gasteiger partial charge on any atom is -0.380 e. The number of hydrogen-bond donors (Lipinski definition) is 1. The van der Waals surface area contributed by atoms with Crippen LogP contribution in [0.5, 0.6) is 0 Å². The Balaban J connectivity index is 0.00000210. The molecule has 1 atom stereocenters. The number of benzene rings is 2. The SMILES string of the molecule is COC(CN)CC(=O)N1CCN(C(c2ccccc2)c2ccccc2)CC1.Cl.Cl. The number of hydrogen-bond acceptors (Lipinski definition) is 4. The quantitative estimate of drug-likeness (QED) is 0.719. The van der Waals surface area contributed by atoms with Crippen molar-refractivity contribution >= 4 is 30.7 Å². The number of carbonyl (C=O) groups is 1. The number of carbonyl (C=O) groups excluding carboxylic acids is 1. The van der Waals surface area contributed by atoms with E-state index in [2.05, 4.69) is 53.4 Å². The van der Waals surface area contributed by atoms with E-state index in [9.17, 15) is 4.79 Å². The second-order valence-electron chi connectivity index (χ2n) is 6.94. The van der Waals surface area contributed by atoms with Crippen molar-refractivity contribution in [3.63, 3.8) is 0 Å². The summed E-state index contributed by atoms with van der Waals surface area (Å²) in [4.78, 5) is 16.9. The second-order valence-corrected chi connectivity index (χ2v) is 6.94. The summed E-state index contributed by atoms with van der Waals surface area (Å²) < 4.78 is 5.25. The fourth-order valence-corrected chi connectivity index (χ4v) is 3.70. The number of piperazine rings is 1. The van der Waals surface area contributed by atoms with Gasteiger partial charge in [0.2, 0.25) is 5.91 Å². The lowest BCUT2D eigenvalue weighted by atomic mass is 9.96. The Bertz CT molecular complexity index is 667. The number of rotatable bonds is 7. The molecular formula is C22H31Cl2N3O2. The maximum atomic E-state index is 12.5. The first-order valence-corrected chi connectivity index (χ1v) is 9.57. The van der Waals surface area contributed by atoms with Crippen LogP contribution in [-0.4, -0.2) is 61.6 Å². The first-order valence-electron chi connectivity index (χ1n) is 9.57. The highest BCUT2D eigenvalue weighted by atomic mass is 35.5. The van der Waals surface area contributed by atoms with Crippen LogP contribution in [0.15, 0.2) is 60.7 Å². The summed E-state index contributed by atoms with van der Waals surface area (Å²) in [6.45, 7) is 3.53. The fourth-order valence-electron chi connectivity index (χ4n) is 3.70. The number of nitrogens with zero attached hydrogens (tertiary/aromatic N) is 2. The van der Waals surface area contributed by atoms with Gasteiger partial charge in [0.05, 0.1) is 18.6 Å². The van der Waals surface area contributed by atoms with Gasteiger partial charge in [-0.1, -0.05) is 60.7 Å². The summed E-state index contributed by atoms with van der Waals surface area (Å²) in [6, 6.07) is 21.4. The minimum absolute atomic E-state index is 0. The second kappa shape index (κ2) is 12.8. The van der Waals surface area contributed by atoms with E-state index < -0.39 is 0 Å². The van der Waals surface area contributed by atoms with E-state index in [-0.39, 0.29) is 42.9 Å². The van der Waals surface area contributed by atoms with Gasteiger partial charge in [0, 0.05) is 39.8 Å². The monoisotopic (exact) mass is 439 g/mol. The van der Waals surface area contributed by atoms with E-state index in [1.807, 2.05) is 17.0 Å². The van der Waals surface area contributed by atoms with Crippen molar-refractivity contribution in [1.82, 2.24) is 9.80 Å². The summed E-state index contributed by atoms with van der Waals surface area (Å²) in [5, 5.41) is 0. The van der Waals surface area contributed by atoms with Crippen LogP contribution in [0.3, 0.4) is 0 Å². The molecule has 3 rings (SSSR count). The van der Waals surface area contributed by atoms with Crippen LogP contribution in [0.4, 0.5) is 0 Å². The van der Waals surface area contributed by atoms with Gasteiger partial charge < -0.3 is 15.4 Å². The van der Waals surface area contributed by atoms with E-state index in [1.54, 1.807) is 7.11 Å². The molecule has 1 aliphatic heterocycles. The molecule has 1 heterocycles. The first-order chi connectivity index (χ1) is 13.2. The third kappa shape index (κ3) is 6.69. The summed E-state index contributed by atoms with van der Waals surface area (Å²) in [7, 11) is 1.60. The van der Waals surface area contributed by atoms with Gasteiger partial charge in [0.25, 0.3) is 0 Å². The molecule has 160 valence electrons. The highest BCUT2D eigenvalue weighted by Gasteiger charge is 2.28. The highest BCUT2D eigenvalue weighted by Crippen LogP contribution is 2.29. The third-order valence-electron chi connectivity index (χ3n) is 5.26. The van der Waals surface area contributed by atoms with Crippen LogP contribution in [-0.2, 0) is 9.53 Å². The molecule has 29 heavy (non-hydrogen) atoms. The Morgan fingerprint density at radius 1 is 0.931 bits per heavy atom. The summed E-state index contributed by atoms with van der Waals surface area (Å²) in [5.74, 6) is 0.128. The number of methoxy groups -OCH3 is 1. The van der Waals surface area contributed by atoms with Crippen LogP contribution in [0.1, 0.15) is 23.6 Å². The van der Waals surface area contributed by atoms with Crippen LogP contribution >= 0.6 is 24.8 Å². The fraction of sp³-hybridized carbons (Fsp3) is 0.409. The van der Waals surface area contributed by atoms with Gasteiger partial charge in [-0.2, -0.15) is 0 Å². The average molecular weight is 440 g/mol. The van der Waals surface area contributed by atoms with Gasteiger partial charge in [-0.05, 0) is 11.1 Å². The van der Waals surface area contributed by atoms with E-state index in [4.69, 9.17) is 10.5 Å². The van der Waals surface area contributed by atoms with Gasteiger partial charge in [0.1, 0.15) is 0 Å². The number of ether oxygens (including phenoxy) is 1. The molecule has 0 radical (unpaired) electrons. The molecule has 0 aliphatic carbocycles. The Hall–Kier alpha value is -1.63. The Labute approximate surface area is 186 Å². The van der Waals surface area contributed by atoms with Crippen molar-refractivity contribution in [2.45, 2.75) is 18.6 Å². The van der Waals surface area contributed by atoms with E-state index >= 15 is 0 Å². The molecule has 5 nitrogen and oxygen atoms in total. The molecule has 2 aromatic carbocycles. The normalized spacial score (nSPS) is 15.3. The zero-order valence-electron chi connectivity index (χ0n) is 16.8. The van der Waals surface area contributed by atoms with Crippen LogP contribution in [0, 0.1) is 0 Å². The maximum absolute atomic E-state index is 12.5. The highest BCUT2D eigenvalue weighted by molar-refractivity contribution is 5.85. The predicted molar refractivity (Wildman–Crippen MR) is 122 cm³/mol. The average Bonchev–Trinajstić information content (AvgIpc) is 2.74. The lowest BCUT2D eigenvalue weighted by molar-refractivity contribution is -0.135. The molecule has 1 fully saturated rings. The first kappa shape index (κ1) is 25.4. The molecule has 7 heteroatoms. The molecule has 0 spiro atoms. The van der Waals surface area contributed by atoms with Crippen molar-refractivity contribution in [3.8, 4) is 0 Å². The largest absolute Gasteiger partial charge is 0.380 e. The molecule has 2 aromatic rings. The van der Waals surface area contributed by atoms with Crippen LogP contribution < -0.4 is 5.73 Å². The zero-order valence-corrected chi connectivity index (χ0v) is 18.4. The summed E-state index contributed by atoms with van der Waals surface area (Å²) in [5.41, 5.74) is 8.21. The molecule has 1 unspecified atom stereocenters. The molecule has 2 N–H and O–H groups in total. The molecule has 0 aromatic heterocycles. The molecular weight excluding hydrogens is 409 g/mol. The zero-order chi connectivity index (χ0) is 19.1. The van der Waals surface area contributed by atoms with Crippen molar-refractivity contribution in [1.29, 1.82) is 0 Å². The van der Waals surface area contributed by atoms with Crippen molar-refractivity contribution in [3.05, 3.63) is 71.8 Å². The standard InChI is InChI=1S/C22H29N3O2.2ClH/c1-27-20(17-23)16-21(26)24-12-14-25(15-13-24)22(18-8-4-2-5-9-18)19-10-6-3-7-11-19;;/h2-11,20,22H,12-17,23H2,1H3;2*1H. The predicted octanol–water partition coefficient (Wildman–Crippen LogP) is 3.13. The van der Waals surface area contributed by atoms with Gasteiger partial charge >= 0.3 is 0 Å². The molecule has 1 aliphatic rings. The lowest BCUT2D eigenvalue weighted by Gasteiger charge is -2.40. The van der Waals surface area contributed by atoms with Gasteiger partial charge in [-0.15, -0.1) is 24.8 Å². The minimum atomic E-state index is -0.197. The van der Waals surface area contributed by atoms with Gasteiger partial charge in [-0.25, -0.2) is 0 Å². The molecule has 1 amide bonds. The Kier molecular flexibility index (Phi) is 11.2. The van der Waals surface area contributed by atoms with Crippen molar-refractivity contribution < 1.29 is 9.53 Å². The van der Waals surface area contributed by atoms with Crippen LogP contribution in [0.25, 0.3) is 0 Å². The molecule has 0 saturated carbocycles. The molecule has 0 bridgehead atoms. The van der Waals surface area contributed by atoms with E-state index in [1.165, 1.54) is 11.1 Å². The Morgan fingerprint density at radius 2 is 1.41 bits per heavy atom. The number of nitrogens with two attached hydrogens (primary N) is 1. The smallest absolute Gasteiger partial charge is 0.225 e. The van der Waals surface area contributed by atoms with E-state index in [0.717, 1.165) is 26.2 Å². The van der Waals surface area contributed by atoms with Crippen LogP contribution in [0.2, 0.25) is 0 Å². The topological polar surface area (TPSA) is 58.8 Å². The summed E-state index contributed by atoms with van der Waals surface area (Å²) in [6.07, 6.45) is 0.158. The number of halogens is 2. The lowest BCUT2D eigenvalue weighted by Crippen LogP contribution is -2.50. The summed E-state index contributed by atoms with van der Waals surface area (Å²) >= 11 is 0. The molecule has 1 saturated heterocycles. The van der Waals surface area contributed by atoms with Gasteiger partial charge in [0.15, 0.2) is 0 Å². The van der Waals surface area contributed by atoms with Crippen molar-refractivity contribution in [2.24, 2.45) is 5.73 Å². The van der Waals surface area contributed by atoms with E-state index in [0.29, 0.717) is 13.0 Å².